The van der Waals surface area contributed by atoms with Gasteiger partial charge >= 0.3 is 6.09 Å². The summed E-state index contributed by atoms with van der Waals surface area (Å²) in [6.45, 7) is 3.73. The fraction of sp³-hybridized carbons (Fsp3) is 0.130. The first kappa shape index (κ1) is 17.0. The van der Waals surface area contributed by atoms with Crippen LogP contribution in [0.3, 0.4) is 0 Å². The molecule has 0 radical (unpaired) electrons. The summed E-state index contributed by atoms with van der Waals surface area (Å²) in [6.07, 6.45) is -0.448. The van der Waals surface area contributed by atoms with Crippen LogP contribution < -0.4 is 5.32 Å². The minimum atomic E-state index is -0.717. The van der Waals surface area contributed by atoms with Crippen molar-refractivity contribution in [1.29, 1.82) is 0 Å². The van der Waals surface area contributed by atoms with Gasteiger partial charge in [-0.15, -0.1) is 0 Å². The zero-order chi connectivity index (χ0) is 19.0. The van der Waals surface area contributed by atoms with E-state index in [1.807, 2.05) is 86.6 Å². The van der Waals surface area contributed by atoms with E-state index in [0.717, 1.165) is 22.4 Å². The highest BCUT2D eigenvalue weighted by Gasteiger charge is 2.33. The molecular weight excluding hydrogens is 338 g/mol. The Morgan fingerprint density at radius 2 is 1.56 bits per heavy atom. The number of ether oxygens (including phenoxy) is 1. The van der Waals surface area contributed by atoms with Crippen molar-refractivity contribution in [1.82, 2.24) is 0 Å². The Morgan fingerprint density at radius 1 is 0.852 bits per heavy atom. The van der Waals surface area contributed by atoms with E-state index in [1.165, 1.54) is 0 Å². The van der Waals surface area contributed by atoms with Crippen molar-refractivity contribution in [2.75, 3.05) is 5.32 Å². The van der Waals surface area contributed by atoms with Gasteiger partial charge in [-0.3, -0.25) is 10.1 Å². The molecular formula is C23H19NO3. The molecule has 0 saturated carbocycles. The number of amides is 1. The monoisotopic (exact) mass is 357 g/mol. The third-order valence-electron chi connectivity index (χ3n) is 4.75. The Kier molecular flexibility index (Phi) is 4.04. The summed E-state index contributed by atoms with van der Waals surface area (Å²) >= 11 is 0. The van der Waals surface area contributed by atoms with Crippen LogP contribution in [0.5, 0.6) is 0 Å². The number of cyclic esters (lactones) is 1. The first-order chi connectivity index (χ1) is 12.9. The highest BCUT2D eigenvalue weighted by Crippen LogP contribution is 2.38. The number of hydrogen-bond acceptors (Lipinski definition) is 3. The van der Waals surface area contributed by atoms with Crippen molar-refractivity contribution in [2.24, 2.45) is 0 Å². The maximum atomic E-state index is 12.7. The molecule has 0 atom stereocenters. The molecule has 4 heteroatoms. The van der Waals surface area contributed by atoms with Crippen molar-refractivity contribution in [3.05, 3.63) is 89.5 Å². The van der Waals surface area contributed by atoms with E-state index in [4.69, 9.17) is 4.74 Å². The van der Waals surface area contributed by atoms with Crippen molar-refractivity contribution in [2.45, 2.75) is 19.4 Å². The van der Waals surface area contributed by atoms with Crippen LogP contribution in [0.1, 0.15) is 35.3 Å². The normalized spacial score (nSPS) is 14.7. The van der Waals surface area contributed by atoms with E-state index in [0.29, 0.717) is 11.1 Å². The van der Waals surface area contributed by atoms with Gasteiger partial charge in [0.15, 0.2) is 5.78 Å². The van der Waals surface area contributed by atoms with Gasteiger partial charge in [0.25, 0.3) is 0 Å². The minimum absolute atomic E-state index is 0.00802. The Morgan fingerprint density at radius 3 is 2.33 bits per heavy atom. The van der Waals surface area contributed by atoms with E-state index in [2.05, 4.69) is 5.32 Å². The largest absolute Gasteiger partial charge is 0.438 e. The van der Waals surface area contributed by atoms with Gasteiger partial charge in [0.1, 0.15) is 5.60 Å². The van der Waals surface area contributed by atoms with Crippen LogP contribution >= 0.6 is 0 Å². The lowest BCUT2D eigenvalue weighted by Gasteiger charge is -2.32. The van der Waals surface area contributed by atoms with Gasteiger partial charge in [-0.1, -0.05) is 54.6 Å². The van der Waals surface area contributed by atoms with Crippen LogP contribution in [0.4, 0.5) is 10.5 Å². The zero-order valence-electron chi connectivity index (χ0n) is 15.2. The topological polar surface area (TPSA) is 55.4 Å². The van der Waals surface area contributed by atoms with E-state index >= 15 is 0 Å². The molecule has 1 N–H and O–H groups in total. The molecule has 27 heavy (non-hydrogen) atoms. The molecule has 0 bridgehead atoms. The van der Waals surface area contributed by atoms with Crippen LogP contribution in [-0.2, 0) is 10.3 Å². The van der Waals surface area contributed by atoms with Crippen molar-refractivity contribution in [3.8, 4) is 11.1 Å². The number of benzene rings is 3. The molecule has 0 fully saturated rings. The number of rotatable bonds is 3. The van der Waals surface area contributed by atoms with Gasteiger partial charge in [-0.25, -0.2) is 4.79 Å². The molecule has 1 aliphatic rings. The molecule has 1 heterocycles. The molecule has 4 nitrogen and oxygen atoms in total. The van der Waals surface area contributed by atoms with E-state index in [1.54, 1.807) is 0 Å². The van der Waals surface area contributed by atoms with E-state index < -0.39 is 11.7 Å². The number of nitrogens with one attached hydrogen (secondary N) is 1. The molecule has 0 aromatic heterocycles. The zero-order valence-corrected chi connectivity index (χ0v) is 15.2. The fourth-order valence-corrected chi connectivity index (χ4v) is 3.35. The molecule has 134 valence electrons. The van der Waals surface area contributed by atoms with Crippen LogP contribution in [0.15, 0.2) is 72.8 Å². The molecule has 0 aliphatic carbocycles. The Hall–Kier alpha value is -3.40. The van der Waals surface area contributed by atoms with Crippen LogP contribution in [0, 0.1) is 0 Å². The van der Waals surface area contributed by atoms with Gasteiger partial charge in [-0.05, 0) is 43.2 Å². The number of hydrogen-bond donors (Lipinski definition) is 1. The molecule has 0 saturated heterocycles. The van der Waals surface area contributed by atoms with Gasteiger partial charge in [0.05, 0.1) is 5.69 Å². The van der Waals surface area contributed by atoms with Crippen molar-refractivity contribution < 1.29 is 14.3 Å². The Bertz CT molecular complexity index is 1040. The van der Waals surface area contributed by atoms with Crippen LogP contribution in [-0.4, -0.2) is 11.9 Å². The van der Waals surface area contributed by atoms with Gasteiger partial charge in [0, 0.05) is 16.7 Å². The number of carbonyl (C=O) groups excluding carboxylic acids is 2. The van der Waals surface area contributed by atoms with Gasteiger partial charge in [-0.2, -0.15) is 0 Å². The summed E-state index contributed by atoms with van der Waals surface area (Å²) in [5, 5.41) is 2.73. The number of anilines is 1. The van der Waals surface area contributed by atoms with Crippen LogP contribution in [0.25, 0.3) is 11.1 Å². The van der Waals surface area contributed by atoms with Gasteiger partial charge in [0.2, 0.25) is 0 Å². The molecule has 4 rings (SSSR count). The molecule has 3 aromatic carbocycles. The number of ketones is 1. The Labute approximate surface area is 157 Å². The second-order valence-corrected chi connectivity index (χ2v) is 7.06. The minimum Gasteiger partial charge on any atom is -0.438 e. The lowest BCUT2D eigenvalue weighted by Crippen LogP contribution is -2.34. The predicted molar refractivity (Wildman–Crippen MR) is 105 cm³/mol. The smallest absolute Gasteiger partial charge is 0.412 e. The van der Waals surface area contributed by atoms with Gasteiger partial charge < -0.3 is 4.74 Å². The summed E-state index contributed by atoms with van der Waals surface area (Å²) in [4.78, 5) is 24.4. The molecule has 1 aliphatic heterocycles. The Balaban J connectivity index is 1.73. The van der Waals surface area contributed by atoms with E-state index in [-0.39, 0.29) is 5.78 Å². The summed E-state index contributed by atoms with van der Waals surface area (Å²) in [7, 11) is 0. The molecule has 1 amide bonds. The SMILES string of the molecule is CC1(C)OC(=O)Nc2ccc(-c3cccc(C(=O)c4ccccc4)c3)cc21. The average Bonchev–Trinajstić information content (AvgIpc) is 2.67. The second-order valence-electron chi connectivity index (χ2n) is 7.06. The summed E-state index contributed by atoms with van der Waals surface area (Å²) < 4.78 is 5.41. The first-order valence-corrected chi connectivity index (χ1v) is 8.79. The molecule has 3 aromatic rings. The highest BCUT2D eigenvalue weighted by molar-refractivity contribution is 6.09. The average molecular weight is 357 g/mol. The molecule has 0 spiro atoms. The lowest BCUT2D eigenvalue weighted by molar-refractivity contribution is 0.0421. The van der Waals surface area contributed by atoms with E-state index in [9.17, 15) is 9.59 Å². The maximum Gasteiger partial charge on any atom is 0.412 e. The highest BCUT2D eigenvalue weighted by atomic mass is 16.6. The van der Waals surface area contributed by atoms with Crippen LogP contribution in [0.2, 0.25) is 0 Å². The summed E-state index contributed by atoms with van der Waals surface area (Å²) in [6, 6.07) is 22.6. The standard InChI is InChI=1S/C23H19NO3/c1-23(2)19-14-17(11-12-20(19)24-22(26)27-23)16-9-6-10-18(13-16)21(25)15-7-4-3-5-8-15/h3-14H,1-2H3,(H,24,26). The third-order valence-corrected chi connectivity index (χ3v) is 4.75. The van der Waals surface area contributed by atoms with Crippen molar-refractivity contribution in [3.63, 3.8) is 0 Å². The van der Waals surface area contributed by atoms with Crippen molar-refractivity contribution >= 4 is 17.6 Å². The third kappa shape index (κ3) is 3.22. The quantitative estimate of drug-likeness (QED) is 0.640. The predicted octanol–water partition coefficient (Wildman–Crippen LogP) is 5.38. The number of fused-ring (bicyclic) bond motifs is 1. The maximum absolute atomic E-state index is 12.7. The molecule has 0 unspecified atom stereocenters. The summed E-state index contributed by atoms with van der Waals surface area (Å²) in [5.74, 6) is -0.00802. The fourth-order valence-electron chi connectivity index (χ4n) is 3.35. The first-order valence-electron chi connectivity index (χ1n) is 8.79. The second kappa shape index (κ2) is 6.40. The summed E-state index contributed by atoms with van der Waals surface area (Å²) in [5.41, 5.74) is 4.13. The lowest BCUT2D eigenvalue weighted by atomic mass is 9.90. The number of carbonyl (C=O) groups is 2.